The van der Waals surface area contributed by atoms with Gasteiger partial charge in [0.1, 0.15) is 0 Å². The van der Waals surface area contributed by atoms with E-state index in [1.54, 1.807) is 0 Å². The zero-order chi connectivity index (χ0) is 26.1. The molecule has 0 aliphatic carbocycles. The Hall–Kier alpha value is -0.797. The van der Waals surface area contributed by atoms with E-state index in [0.717, 1.165) is 0 Å². The van der Waals surface area contributed by atoms with Gasteiger partial charge in [-0.05, 0) is 6.92 Å². The second kappa shape index (κ2) is 13.8. The van der Waals surface area contributed by atoms with Crippen LogP contribution in [0.15, 0.2) is 30.3 Å². The third-order valence-corrected chi connectivity index (χ3v) is 3.49. The molecular weight excluding hydrogens is 740 g/mol. The summed E-state index contributed by atoms with van der Waals surface area (Å²) in [5, 5.41) is 0. The maximum Gasteiger partial charge on any atom is 3.00 e. The van der Waals surface area contributed by atoms with Crippen molar-refractivity contribution in [1.29, 1.82) is 0 Å². The first-order valence-corrected chi connectivity index (χ1v) is 10.4. The Labute approximate surface area is 194 Å². The van der Waals surface area contributed by atoms with Gasteiger partial charge in [0.15, 0.2) is 30.4 Å². The SMILES string of the molecule is Cc1ccccc1.O=S(=O)([O-])C(F)(F)F.O=S(=O)([O-])C(F)(F)F.O=S(=O)([O-])C(F)(F)F.[Bi+3]. The van der Waals surface area contributed by atoms with Crippen molar-refractivity contribution in [2.45, 2.75) is 23.4 Å². The van der Waals surface area contributed by atoms with Crippen molar-refractivity contribution in [3.8, 4) is 0 Å². The average Bonchev–Trinajstić information content (AvgIpc) is 2.43. The summed E-state index contributed by atoms with van der Waals surface area (Å²) in [7, 11) is -18.3. The standard InChI is InChI=1S/C7H8.3CHF3O3S.Bi/c1-7-5-3-2-4-6-7;3*2-1(3,4)8(5,6)7;/h2-6H,1H3;3*(H,5,6,7);/q;;;;+3/p-3. The molecule has 0 heterocycles. The molecule has 0 aromatic heterocycles. The van der Waals surface area contributed by atoms with Crippen LogP contribution in [0, 0.1) is 6.92 Å². The molecule has 0 aliphatic rings. The fraction of sp³-hybridized carbons (Fsp3) is 0.400. The van der Waals surface area contributed by atoms with E-state index in [4.69, 9.17) is 38.9 Å². The van der Waals surface area contributed by atoms with E-state index in [0.29, 0.717) is 0 Å². The molecule has 0 aliphatic heterocycles. The van der Waals surface area contributed by atoms with Crippen molar-refractivity contribution in [2.75, 3.05) is 0 Å². The Morgan fingerprint density at radius 1 is 0.562 bits per heavy atom. The second-order valence-corrected chi connectivity index (χ2v) is 8.47. The third-order valence-electron chi connectivity index (χ3n) is 1.79. The number of hydrogen-bond donors (Lipinski definition) is 0. The minimum absolute atomic E-state index is 0. The van der Waals surface area contributed by atoms with Crippen LogP contribution in [-0.4, -0.2) is 81.6 Å². The Bertz CT molecular complexity index is 869. The van der Waals surface area contributed by atoms with Crippen LogP contribution in [0.3, 0.4) is 0 Å². The minimum atomic E-state index is -6.09. The summed E-state index contributed by atoms with van der Waals surface area (Å²) in [6, 6.07) is 10.3. The summed E-state index contributed by atoms with van der Waals surface area (Å²) < 4.78 is 177. The predicted octanol–water partition coefficient (Wildman–Crippen LogP) is 1.77. The fourth-order valence-corrected chi connectivity index (χ4v) is 0.534. The van der Waals surface area contributed by atoms with E-state index in [1.165, 1.54) is 5.56 Å². The molecule has 1 rings (SSSR count). The van der Waals surface area contributed by atoms with E-state index in [-0.39, 0.29) is 26.2 Å². The number of halogens is 9. The van der Waals surface area contributed by atoms with Gasteiger partial charge < -0.3 is 13.7 Å². The van der Waals surface area contributed by atoms with Crippen LogP contribution >= 0.6 is 0 Å². The van der Waals surface area contributed by atoms with Gasteiger partial charge in [0.05, 0.1) is 0 Å². The second-order valence-electron chi connectivity index (χ2n) is 4.35. The van der Waals surface area contributed by atoms with E-state index >= 15 is 0 Å². The van der Waals surface area contributed by atoms with Gasteiger partial charge in [-0.1, -0.05) is 35.9 Å². The van der Waals surface area contributed by atoms with Crippen LogP contribution in [0.1, 0.15) is 5.56 Å². The van der Waals surface area contributed by atoms with Gasteiger partial charge in [0.2, 0.25) is 0 Å². The van der Waals surface area contributed by atoms with Crippen LogP contribution in [0.4, 0.5) is 39.5 Å². The van der Waals surface area contributed by atoms with E-state index < -0.39 is 46.9 Å². The topological polar surface area (TPSA) is 172 Å². The number of hydrogen-bond acceptors (Lipinski definition) is 9. The zero-order valence-electron chi connectivity index (χ0n) is 14.6. The molecule has 188 valence electrons. The number of alkyl halides is 9. The van der Waals surface area contributed by atoms with Crippen LogP contribution in [0.5, 0.6) is 0 Å². The number of rotatable bonds is 0. The smallest absolute Gasteiger partial charge is 0.741 e. The molecule has 2 radical (unpaired) electrons. The number of aryl methyl sites for hydroxylation is 1. The van der Waals surface area contributed by atoms with Crippen LogP contribution in [-0.2, 0) is 30.4 Å². The first-order valence-electron chi connectivity index (χ1n) is 6.22. The normalized spacial score (nSPS) is 12.4. The summed E-state index contributed by atoms with van der Waals surface area (Å²) in [5.74, 6) is 0. The van der Waals surface area contributed by atoms with Gasteiger partial charge in [-0.2, -0.15) is 39.5 Å². The van der Waals surface area contributed by atoms with Crippen LogP contribution < -0.4 is 0 Å². The maximum atomic E-state index is 10.7. The van der Waals surface area contributed by atoms with Gasteiger partial charge >= 0.3 is 42.7 Å². The van der Waals surface area contributed by atoms with Gasteiger partial charge in [0.25, 0.3) is 0 Å². The summed E-state index contributed by atoms with van der Waals surface area (Å²) in [4.78, 5) is 0. The summed E-state index contributed by atoms with van der Waals surface area (Å²) in [6.45, 7) is 2.08. The molecule has 1 aromatic carbocycles. The monoisotopic (exact) mass is 748 g/mol. The van der Waals surface area contributed by atoms with Crippen LogP contribution in [0.2, 0.25) is 0 Å². The van der Waals surface area contributed by atoms with Crippen molar-refractivity contribution >= 4 is 56.6 Å². The molecular formula is C10H8BiF9O9S3. The molecule has 0 bridgehead atoms. The van der Waals surface area contributed by atoms with E-state index in [1.807, 2.05) is 18.2 Å². The van der Waals surface area contributed by atoms with Crippen molar-refractivity contribution < 1.29 is 78.4 Å². The molecule has 32 heavy (non-hydrogen) atoms. The van der Waals surface area contributed by atoms with Crippen molar-refractivity contribution in [3.63, 3.8) is 0 Å². The molecule has 0 spiro atoms. The molecule has 22 heteroatoms. The molecule has 0 N–H and O–H groups in total. The summed E-state index contributed by atoms with van der Waals surface area (Å²) in [5.41, 5.74) is -15.6. The van der Waals surface area contributed by atoms with Gasteiger partial charge in [-0.15, -0.1) is 0 Å². The average molecular weight is 748 g/mol. The van der Waals surface area contributed by atoms with Gasteiger partial charge in [-0.3, -0.25) is 0 Å². The van der Waals surface area contributed by atoms with Crippen molar-refractivity contribution in [2.24, 2.45) is 0 Å². The Balaban J connectivity index is -0.000000162. The zero-order valence-corrected chi connectivity index (χ0v) is 20.6. The quantitative estimate of drug-likeness (QED) is 0.166. The predicted molar refractivity (Wildman–Crippen MR) is 84.2 cm³/mol. The molecule has 0 saturated carbocycles. The number of benzene rings is 1. The van der Waals surface area contributed by atoms with E-state index in [9.17, 15) is 39.5 Å². The van der Waals surface area contributed by atoms with Gasteiger partial charge in [0, 0.05) is 0 Å². The molecule has 0 fully saturated rings. The molecule has 0 saturated heterocycles. The maximum absolute atomic E-state index is 10.7. The van der Waals surface area contributed by atoms with Crippen LogP contribution in [0.25, 0.3) is 0 Å². The summed E-state index contributed by atoms with van der Waals surface area (Å²) >= 11 is 0. The Morgan fingerprint density at radius 3 is 0.781 bits per heavy atom. The van der Waals surface area contributed by atoms with Crippen molar-refractivity contribution in [1.82, 2.24) is 0 Å². The molecule has 0 unspecified atom stereocenters. The Kier molecular flexibility index (Phi) is 16.6. The first-order chi connectivity index (χ1) is 13.1. The Morgan fingerprint density at radius 2 is 0.719 bits per heavy atom. The van der Waals surface area contributed by atoms with Crippen molar-refractivity contribution in [3.05, 3.63) is 35.9 Å². The molecule has 0 amide bonds. The van der Waals surface area contributed by atoms with E-state index in [2.05, 4.69) is 19.1 Å². The first kappa shape index (κ1) is 38.5. The van der Waals surface area contributed by atoms with Gasteiger partial charge in [-0.25, -0.2) is 25.3 Å². The molecule has 9 nitrogen and oxygen atoms in total. The third kappa shape index (κ3) is 19.9. The fourth-order valence-electron chi connectivity index (χ4n) is 0.534. The molecule has 1 aromatic rings. The molecule has 0 atom stereocenters. The largest absolute Gasteiger partial charge is 3.00 e. The minimum Gasteiger partial charge on any atom is -0.741 e. The summed E-state index contributed by atoms with van der Waals surface area (Å²) in [6.07, 6.45) is 0.